The third-order valence-electron chi connectivity index (χ3n) is 2.24. The van der Waals surface area contributed by atoms with Crippen molar-refractivity contribution >= 4 is 17.7 Å². The monoisotopic (exact) mass is 265 g/mol. The summed E-state index contributed by atoms with van der Waals surface area (Å²) in [6.07, 6.45) is -0.0329. The largest absolute Gasteiger partial charge is 0.354 e. The minimum atomic E-state index is -0.589. The quantitative estimate of drug-likeness (QED) is 0.408. The van der Waals surface area contributed by atoms with Crippen molar-refractivity contribution in [3.05, 3.63) is 35.9 Å². The summed E-state index contributed by atoms with van der Waals surface area (Å²) in [6.45, 7) is -0.0824. The van der Waals surface area contributed by atoms with Crippen LogP contribution in [0.5, 0.6) is 0 Å². The highest BCUT2D eigenvalue weighted by Gasteiger charge is 2.07. The Balaban J connectivity index is 2.23. The molecule has 0 radical (unpaired) electrons. The van der Waals surface area contributed by atoms with Gasteiger partial charge in [0.15, 0.2) is 0 Å². The van der Waals surface area contributed by atoms with Gasteiger partial charge in [0.1, 0.15) is 0 Å². The molecule has 0 atom stereocenters. The average Bonchev–Trinajstić information content (AvgIpc) is 2.45. The molecule has 7 heteroatoms. The molecule has 0 fully saturated rings. The van der Waals surface area contributed by atoms with Crippen LogP contribution >= 0.6 is 0 Å². The van der Waals surface area contributed by atoms with Crippen LogP contribution in [0.1, 0.15) is 16.8 Å². The average molecular weight is 265 g/mol. The summed E-state index contributed by atoms with van der Waals surface area (Å²) >= 11 is 0. The molecule has 4 N–H and O–H groups in total. The fraction of sp³-hybridized carbons (Fsp3) is 0.250. The lowest BCUT2D eigenvalue weighted by Crippen LogP contribution is -2.38. The van der Waals surface area contributed by atoms with Gasteiger partial charge < -0.3 is 10.6 Å². The van der Waals surface area contributed by atoms with Gasteiger partial charge in [-0.15, -0.1) is 0 Å². The molecule has 0 aliphatic carbocycles. The lowest BCUT2D eigenvalue weighted by Gasteiger charge is -2.06. The van der Waals surface area contributed by atoms with Crippen molar-refractivity contribution in [1.82, 2.24) is 16.1 Å². The molecule has 0 aromatic heterocycles. The van der Waals surface area contributed by atoms with E-state index in [1.54, 1.807) is 30.3 Å². The third-order valence-corrected chi connectivity index (χ3v) is 2.24. The van der Waals surface area contributed by atoms with Gasteiger partial charge in [-0.3, -0.25) is 19.6 Å². The number of hydrogen-bond acceptors (Lipinski definition) is 4. The Kier molecular flexibility index (Phi) is 6.04. The molecule has 0 heterocycles. The number of hydroxylamine groups is 1. The highest BCUT2D eigenvalue weighted by atomic mass is 16.5. The molecule has 3 amide bonds. The summed E-state index contributed by atoms with van der Waals surface area (Å²) in [4.78, 5) is 33.6. The van der Waals surface area contributed by atoms with E-state index in [0.29, 0.717) is 5.56 Å². The number of hydrogen-bond donors (Lipinski definition) is 4. The second-order valence-corrected chi connectivity index (χ2v) is 3.68. The van der Waals surface area contributed by atoms with E-state index in [4.69, 9.17) is 5.21 Å². The minimum absolute atomic E-state index is 0.0329. The third kappa shape index (κ3) is 5.64. The molecule has 1 aromatic rings. The summed E-state index contributed by atoms with van der Waals surface area (Å²) in [6, 6.07) is 8.51. The second-order valence-electron chi connectivity index (χ2n) is 3.68. The molecule has 7 nitrogen and oxygen atoms in total. The number of amides is 3. The van der Waals surface area contributed by atoms with E-state index < -0.39 is 11.8 Å². The van der Waals surface area contributed by atoms with Crippen molar-refractivity contribution in [2.75, 3.05) is 13.1 Å². The van der Waals surface area contributed by atoms with Crippen LogP contribution in [-0.4, -0.2) is 36.0 Å². The Labute approximate surface area is 110 Å². The fourth-order valence-electron chi connectivity index (χ4n) is 1.29. The summed E-state index contributed by atoms with van der Waals surface area (Å²) in [5, 5.41) is 13.1. The lowest BCUT2D eigenvalue weighted by atomic mass is 10.2. The summed E-state index contributed by atoms with van der Waals surface area (Å²) in [5.41, 5.74) is 1.92. The topological polar surface area (TPSA) is 108 Å². The van der Waals surface area contributed by atoms with Gasteiger partial charge in [0.2, 0.25) is 11.8 Å². The smallest absolute Gasteiger partial charge is 0.251 e. The van der Waals surface area contributed by atoms with Gasteiger partial charge in [0, 0.05) is 18.5 Å². The first kappa shape index (κ1) is 14.7. The molecule has 0 unspecified atom stereocenters. The van der Waals surface area contributed by atoms with Crippen molar-refractivity contribution in [2.24, 2.45) is 0 Å². The van der Waals surface area contributed by atoms with Crippen molar-refractivity contribution in [2.45, 2.75) is 6.42 Å². The SMILES string of the molecule is O=C(CCNC(=O)CNC(=O)c1ccccc1)NO. The van der Waals surface area contributed by atoms with Crippen LogP contribution in [0.2, 0.25) is 0 Å². The number of carbonyl (C=O) groups is 3. The van der Waals surface area contributed by atoms with Gasteiger partial charge in [-0.05, 0) is 12.1 Å². The second kappa shape index (κ2) is 7.83. The van der Waals surface area contributed by atoms with E-state index in [0.717, 1.165) is 0 Å². The van der Waals surface area contributed by atoms with Crippen molar-refractivity contribution in [1.29, 1.82) is 0 Å². The van der Waals surface area contributed by atoms with Crippen LogP contribution in [-0.2, 0) is 9.59 Å². The highest BCUT2D eigenvalue weighted by molar-refractivity contribution is 5.96. The summed E-state index contributed by atoms with van der Waals surface area (Å²) in [5.74, 6) is -1.34. The Morgan fingerprint density at radius 3 is 2.32 bits per heavy atom. The van der Waals surface area contributed by atoms with Crippen LogP contribution in [0, 0.1) is 0 Å². The Morgan fingerprint density at radius 1 is 1.00 bits per heavy atom. The first-order valence-electron chi connectivity index (χ1n) is 5.66. The number of nitrogens with one attached hydrogen (secondary N) is 3. The van der Waals surface area contributed by atoms with Crippen LogP contribution in [0.4, 0.5) is 0 Å². The summed E-state index contributed by atoms with van der Waals surface area (Å²) < 4.78 is 0. The molecular formula is C12H15N3O4. The standard InChI is InChI=1S/C12H15N3O4/c16-10(15-19)6-7-13-11(17)8-14-12(18)9-4-2-1-3-5-9/h1-5,19H,6-8H2,(H,13,17)(H,14,18)(H,15,16). The fourth-order valence-corrected chi connectivity index (χ4v) is 1.29. The van der Waals surface area contributed by atoms with Crippen LogP contribution in [0.3, 0.4) is 0 Å². The molecule has 0 saturated carbocycles. The lowest BCUT2D eigenvalue weighted by molar-refractivity contribution is -0.129. The molecule has 0 aliphatic heterocycles. The van der Waals surface area contributed by atoms with Gasteiger partial charge in [-0.25, -0.2) is 5.48 Å². The zero-order chi connectivity index (χ0) is 14.1. The van der Waals surface area contributed by atoms with Crippen LogP contribution < -0.4 is 16.1 Å². The van der Waals surface area contributed by atoms with E-state index in [9.17, 15) is 14.4 Å². The van der Waals surface area contributed by atoms with Gasteiger partial charge in [0.25, 0.3) is 5.91 Å². The van der Waals surface area contributed by atoms with Crippen molar-refractivity contribution in [3.63, 3.8) is 0 Å². The first-order valence-corrected chi connectivity index (χ1v) is 5.66. The molecular weight excluding hydrogens is 250 g/mol. The molecule has 0 spiro atoms. The van der Waals surface area contributed by atoms with E-state index in [2.05, 4.69) is 10.6 Å². The van der Waals surface area contributed by atoms with E-state index >= 15 is 0 Å². The predicted octanol–water partition coefficient (Wildman–Crippen LogP) is -0.572. The molecule has 1 aromatic carbocycles. The number of benzene rings is 1. The Bertz CT molecular complexity index is 448. The van der Waals surface area contributed by atoms with Crippen LogP contribution in [0.15, 0.2) is 30.3 Å². The van der Waals surface area contributed by atoms with E-state index in [1.807, 2.05) is 0 Å². The van der Waals surface area contributed by atoms with Gasteiger partial charge >= 0.3 is 0 Å². The number of carbonyl (C=O) groups excluding carboxylic acids is 3. The van der Waals surface area contributed by atoms with Crippen molar-refractivity contribution < 1.29 is 19.6 Å². The number of rotatable bonds is 6. The maximum absolute atomic E-state index is 11.6. The maximum Gasteiger partial charge on any atom is 0.251 e. The van der Waals surface area contributed by atoms with E-state index in [1.165, 1.54) is 5.48 Å². The molecule has 0 bridgehead atoms. The summed E-state index contributed by atoms with van der Waals surface area (Å²) in [7, 11) is 0. The first-order chi connectivity index (χ1) is 9.13. The van der Waals surface area contributed by atoms with Gasteiger partial charge in [-0.2, -0.15) is 0 Å². The normalized spacial score (nSPS) is 9.53. The molecule has 19 heavy (non-hydrogen) atoms. The van der Waals surface area contributed by atoms with E-state index in [-0.39, 0.29) is 25.4 Å². The molecule has 0 saturated heterocycles. The zero-order valence-electron chi connectivity index (χ0n) is 10.2. The van der Waals surface area contributed by atoms with Crippen LogP contribution in [0.25, 0.3) is 0 Å². The molecule has 1 rings (SSSR count). The van der Waals surface area contributed by atoms with Crippen molar-refractivity contribution in [3.8, 4) is 0 Å². The van der Waals surface area contributed by atoms with Gasteiger partial charge in [0.05, 0.1) is 6.54 Å². The molecule has 102 valence electrons. The Morgan fingerprint density at radius 2 is 1.68 bits per heavy atom. The maximum atomic E-state index is 11.6. The highest BCUT2D eigenvalue weighted by Crippen LogP contribution is 1.97. The minimum Gasteiger partial charge on any atom is -0.354 e. The zero-order valence-corrected chi connectivity index (χ0v) is 10.2. The predicted molar refractivity (Wildman–Crippen MR) is 66.3 cm³/mol. The Hall–Kier alpha value is -2.41. The molecule has 0 aliphatic rings. The van der Waals surface area contributed by atoms with Gasteiger partial charge in [-0.1, -0.05) is 18.2 Å².